The van der Waals surface area contributed by atoms with E-state index in [0.29, 0.717) is 12.3 Å². The van der Waals surface area contributed by atoms with Gasteiger partial charge in [-0.25, -0.2) is 0 Å². The first-order valence-corrected chi connectivity index (χ1v) is 11.5. The van der Waals surface area contributed by atoms with Crippen LogP contribution in [0.15, 0.2) is 35.3 Å². The van der Waals surface area contributed by atoms with E-state index in [4.69, 9.17) is 10.7 Å². The Bertz CT molecular complexity index is 678. The predicted molar refractivity (Wildman–Crippen MR) is 139 cm³/mol. The molecule has 0 aliphatic carbocycles. The smallest absolute Gasteiger partial charge is 0.217 e. The summed E-state index contributed by atoms with van der Waals surface area (Å²) in [6, 6.07) is 10.7. The minimum Gasteiger partial charge on any atom is -0.370 e. The van der Waals surface area contributed by atoms with Gasteiger partial charge in [0.1, 0.15) is 0 Å². The largest absolute Gasteiger partial charge is 0.370 e. The highest BCUT2D eigenvalue weighted by atomic mass is 127. The van der Waals surface area contributed by atoms with Crippen molar-refractivity contribution in [2.75, 3.05) is 63.8 Å². The van der Waals surface area contributed by atoms with E-state index in [2.05, 4.69) is 57.3 Å². The van der Waals surface area contributed by atoms with Gasteiger partial charge in [0.2, 0.25) is 5.91 Å². The Kier molecular flexibility index (Phi) is 11.4. The molecular formula is C23H39IN6O. The summed E-state index contributed by atoms with van der Waals surface area (Å²) in [5.41, 5.74) is 6.73. The van der Waals surface area contributed by atoms with Crippen LogP contribution in [-0.4, -0.2) is 80.6 Å². The number of primary amides is 1. The van der Waals surface area contributed by atoms with Gasteiger partial charge in [0, 0.05) is 71.0 Å². The molecule has 1 aromatic carbocycles. The third kappa shape index (κ3) is 8.48. The van der Waals surface area contributed by atoms with E-state index in [0.717, 1.165) is 84.1 Å². The first-order chi connectivity index (χ1) is 14.7. The van der Waals surface area contributed by atoms with Gasteiger partial charge in [-0.2, -0.15) is 0 Å². The minimum atomic E-state index is -0.198. The van der Waals surface area contributed by atoms with Crippen molar-refractivity contribution in [2.24, 2.45) is 16.6 Å². The summed E-state index contributed by atoms with van der Waals surface area (Å²) in [5.74, 6) is 1.14. The number of nitrogens with zero attached hydrogens (tertiary/aromatic N) is 4. The second-order valence-electron chi connectivity index (χ2n) is 8.38. The van der Waals surface area contributed by atoms with Crippen molar-refractivity contribution < 1.29 is 4.79 Å². The molecule has 0 radical (unpaired) electrons. The number of hydrogen-bond acceptors (Lipinski definition) is 4. The molecule has 0 aromatic heterocycles. The molecule has 0 spiro atoms. The van der Waals surface area contributed by atoms with Gasteiger partial charge < -0.3 is 20.9 Å². The van der Waals surface area contributed by atoms with Crippen LogP contribution in [0.4, 0.5) is 5.69 Å². The molecule has 31 heavy (non-hydrogen) atoms. The summed E-state index contributed by atoms with van der Waals surface area (Å²) >= 11 is 0. The van der Waals surface area contributed by atoms with E-state index < -0.39 is 0 Å². The number of guanidine groups is 1. The molecular weight excluding hydrogens is 503 g/mol. The van der Waals surface area contributed by atoms with Crippen LogP contribution in [0, 0.1) is 5.92 Å². The maximum absolute atomic E-state index is 11.3. The van der Waals surface area contributed by atoms with Gasteiger partial charge in [-0.1, -0.05) is 18.2 Å². The number of halogens is 1. The Morgan fingerprint density at radius 2 is 1.90 bits per heavy atom. The van der Waals surface area contributed by atoms with Gasteiger partial charge in [-0.15, -0.1) is 24.0 Å². The Labute approximate surface area is 204 Å². The number of amides is 1. The third-order valence-electron chi connectivity index (χ3n) is 6.03. The van der Waals surface area contributed by atoms with Crippen LogP contribution >= 0.6 is 24.0 Å². The fourth-order valence-corrected chi connectivity index (χ4v) is 4.48. The predicted octanol–water partition coefficient (Wildman–Crippen LogP) is 2.37. The van der Waals surface area contributed by atoms with Crippen molar-refractivity contribution in [1.29, 1.82) is 0 Å². The molecule has 1 unspecified atom stereocenters. The van der Waals surface area contributed by atoms with E-state index in [1.165, 1.54) is 5.69 Å². The number of aliphatic imine (C=N–C) groups is 1. The average molecular weight is 543 g/mol. The highest BCUT2D eigenvalue weighted by Crippen LogP contribution is 2.19. The summed E-state index contributed by atoms with van der Waals surface area (Å²) in [6.45, 7) is 11.2. The molecule has 174 valence electrons. The van der Waals surface area contributed by atoms with Crippen LogP contribution in [0.5, 0.6) is 0 Å². The van der Waals surface area contributed by atoms with Gasteiger partial charge in [-0.3, -0.25) is 14.7 Å². The van der Waals surface area contributed by atoms with E-state index in [-0.39, 0.29) is 29.9 Å². The molecule has 2 aliphatic rings. The molecule has 8 heteroatoms. The van der Waals surface area contributed by atoms with E-state index in [9.17, 15) is 4.79 Å². The number of carbonyl (C=O) groups excluding carboxylic acids is 1. The molecule has 0 saturated carbocycles. The van der Waals surface area contributed by atoms with Crippen LogP contribution in [0.1, 0.15) is 32.6 Å². The number of nitrogens with two attached hydrogens (primary N) is 1. The maximum atomic E-state index is 11.3. The number of piperidine rings is 1. The summed E-state index contributed by atoms with van der Waals surface area (Å²) < 4.78 is 0. The number of rotatable bonds is 8. The molecule has 3 N–H and O–H groups in total. The minimum absolute atomic E-state index is 0. The van der Waals surface area contributed by atoms with Gasteiger partial charge in [0.25, 0.3) is 0 Å². The first kappa shape index (κ1) is 25.7. The van der Waals surface area contributed by atoms with Crippen molar-refractivity contribution in [3.8, 4) is 0 Å². The SMILES string of the molecule is CCNC(=NCCCN1CCN(c2ccccc2)CC1)N1CCCC(CC(N)=O)C1.I. The fourth-order valence-electron chi connectivity index (χ4n) is 4.48. The Morgan fingerprint density at radius 3 is 2.58 bits per heavy atom. The average Bonchev–Trinajstić information content (AvgIpc) is 2.77. The number of likely N-dealkylation sites (tertiary alicyclic amines) is 1. The molecule has 1 aromatic rings. The summed E-state index contributed by atoms with van der Waals surface area (Å²) in [7, 11) is 0. The van der Waals surface area contributed by atoms with Crippen LogP contribution in [0.2, 0.25) is 0 Å². The number of anilines is 1. The quantitative estimate of drug-likeness (QED) is 0.228. The molecule has 2 heterocycles. The number of carbonyl (C=O) groups is 1. The number of nitrogens with one attached hydrogen (secondary N) is 1. The van der Waals surface area contributed by atoms with Crippen molar-refractivity contribution in [3.63, 3.8) is 0 Å². The van der Waals surface area contributed by atoms with Crippen molar-refractivity contribution in [1.82, 2.24) is 15.1 Å². The topological polar surface area (TPSA) is 77.2 Å². The molecule has 7 nitrogen and oxygen atoms in total. The summed E-state index contributed by atoms with van der Waals surface area (Å²) in [5, 5.41) is 3.43. The molecule has 1 atom stereocenters. The normalized spacial score (nSPS) is 20.3. The molecule has 1 amide bonds. The zero-order chi connectivity index (χ0) is 21.2. The Hall–Kier alpha value is -1.55. The maximum Gasteiger partial charge on any atom is 0.217 e. The van der Waals surface area contributed by atoms with Gasteiger partial charge >= 0.3 is 0 Å². The lowest BCUT2D eigenvalue weighted by Crippen LogP contribution is -2.47. The van der Waals surface area contributed by atoms with Crippen LogP contribution in [-0.2, 0) is 4.79 Å². The number of para-hydroxylation sites is 1. The van der Waals surface area contributed by atoms with Crippen molar-refractivity contribution >= 4 is 41.5 Å². The molecule has 2 fully saturated rings. The lowest BCUT2D eigenvalue weighted by Gasteiger charge is -2.36. The van der Waals surface area contributed by atoms with E-state index >= 15 is 0 Å². The highest BCUT2D eigenvalue weighted by molar-refractivity contribution is 14.0. The van der Waals surface area contributed by atoms with Gasteiger partial charge in [-0.05, 0) is 44.2 Å². The van der Waals surface area contributed by atoms with Gasteiger partial charge in [0.05, 0.1) is 0 Å². The Balaban J connectivity index is 0.00000341. The number of hydrogen-bond donors (Lipinski definition) is 2. The molecule has 3 rings (SSSR count). The second kappa shape index (κ2) is 13.8. The number of piperazine rings is 1. The van der Waals surface area contributed by atoms with E-state index in [1.807, 2.05) is 0 Å². The Morgan fingerprint density at radius 1 is 1.16 bits per heavy atom. The zero-order valence-electron chi connectivity index (χ0n) is 18.8. The lowest BCUT2D eigenvalue weighted by atomic mass is 9.95. The van der Waals surface area contributed by atoms with Crippen LogP contribution in [0.25, 0.3) is 0 Å². The fraction of sp³-hybridized carbons (Fsp3) is 0.652. The summed E-state index contributed by atoms with van der Waals surface area (Å²) in [4.78, 5) is 23.5. The zero-order valence-corrected chi connectivity index (χ0v) is 21.2. The molecule has 0 bridgehead atoms. The third-order valence-corrected chi connectivity index (χ3v) is 6.03. The first-order valence-electron chi connectivity index (χ1n) is 11.5. The van der Waals surface area contributed by atoms with Gasteiger partial charge in [0.15, 0.2) is 5.96 Å². The van der Waals surface area contributed by atoms with Crippen LogP contribution in [0.3, 0.4) is 0 Å². The summed E-state index contributed by atoms with van der Waals surface area (Å²) in [6.07, 6.45) is 3.71. The highest BCUT2D eigenvalue weighted by Gasteiger charge is 2.23. The number of benzene rings is 1. The second-order valence-corrected chi connectivity index (χ2v) is 8.38. The molecule has 2 aliphatic heterocycles. The lowest BCUT2D eigenvalue weighted by molar-refractivity contribution is -0.119. The van der Waals surface area contributed by atoms with E-state index in [1.54, 1.807) is 0 Å². The standard InChI is InChI=1S/C23H38N6O.HI/c1-2-25-23(29-13-6-8-20(19-29)18-22(24)30)26-11-7-12-27-14-16-28(17-15-27)21-9-4-3-5-10-21;/h3-5,9-10,20H,2,6-8,11-19H2,1H3,(H2,24,30)(H,25,26);1H. The van der Waals surface area contributed by atoms with Crippen LogP contribution < -0.4 is 16.0 Å². The molecule has 2 saturated heterocycles. The van der Waals surface area contributed by atoms with Crippen molar-refractivity contribution in [2.45, 2.75) is 32.6 Å². The van der Waals surface area contributed by atoms with Crippen molar-refractivity contribution in [3.05, 3.63) is 30.3 Å². The monoisotopic (exact) mass is 542 g/mol.